The fourth-order valence-corrected chi connectivity index (χ4v) is 2.36. The molecule has 1 aliphatic heterocycles. The highest BCUT2D eigenvalue weighted by molar-refractivity contribution is 4.88. The molecule has 5 nitrogen and oxygen atoms in total. The molecular formula is C16H30O5. The summed E-state index contributed by atoms with van der Waals surface area (Å²) < 4.78 is 10.9. The second-order valence-corrected chi connectivity index (χ2v) is 5.56. The zero-order chi connectivity index (χ0) is 15.5. The number of unbranched alkanes of at least 4 members (excludes halogenated alkanes) is 4. The lowest BCUT2D eigenvalue weighted by Gasteiger charge is -2.20. The Bertz CT molecular complexity index is 282. The van der Waals surface area contributed by atoms with E-state index in [4.69, 9.17) is 14.6 Å². The van der Waals surface area contributed by atoms with E-state index in [1.807, 2.05) is 0 Å². The van der Waals surface area contributed by atoms with Gasteiger partial charge in [-0.05, 0) is 25.7 Å². The van der Waals surface area contributed by atoms with E-state index in [0.717, 1.165) is 25.7 Å². The van der Waals surface area contributed by atoms with Crippen molar-refractivity contribution in [2.75, 3.05) is 19.8 Å². The third-order valence-electron chi connectivity index (χ3n) is 3.72. The highest BCUT2D eigenvalue weighted by Crippen LogP contribution is 2.20. The van der Waals surface area contributed by atoms with Crippen molar-refractivity contribution in [1.29, 1.82) is 0 Å². The van der Waals surface area contributed by atoms with Gasteiger partial charge in [0.25, 0.3) is 0 Å². The predicted octanol–water partition coefficient (Wildman–Crippen LogP) is 1.40. The Morgan fingerprint density at radius 3 is 2.62 bits per heavy atom. The van der Waals surface area contributed by atoms with Gasteiger partial charge in [0.05, 0.1) is 13.2 Å². The first-order valence-electron chi connectivity index (χ1n) is 8.05. The molecule has 0 radical (unpaired) electrons. The van der Waals surface area contributed by atoms with Crippen LogP contribution in [0.4, 0.5) is 0 Å². The van der Waals surface area contributed by atoms with E-state index in [1.165, 1.54) is 12.8 Å². The lowest BCUT2D eigenvalue weighted by atomic mass is 10.1. The third kappa shape index (κ3) is 6.89. The smallest absolute Gasteiger partial charge is 0.114 e. The summed E-state index contributed by atoms with van der Waals surface area (Å²) in [6.45, 7) is 2.62. The minimum atomic E-state index is -1.05. The van der Waals surface area contributed by atoms with Gasteiger partial charge < -0.3 is 24.8 Å². The first kappa shape index (κ1) is 18.6. The number of aliphatic hydroxyl groups is 3. The number of rotatable bonds is 11. The van der Waals surface area contributed by atoms with E-state index in [1.54, 1.807) is 0 Å². The molecule has 0 spiro atoms. The van der Waals surface area contributed by atoms with Crippen LogP contribution in [0.3, 0.4) is 0 Å². The topological polar surface area (TPSA) is 79.2 Å². The molecule has 1 saturated heterocycles. The fourth-order valence-electron chi connectivity index (χ4n) is 2.36. The Morgan fingerprint density at radius 2 is 1.95 bits per heavy atom. The number of allylic oxidation sites excluding steroid dienone is 2. The maximum atomic E-state index is 9.94. The summed E-state index contributed by atoms with van der Waals surface area (Å²) in [6, 6.07) is 0. The summed E-state index contributed by atoms with van der Waals surface area (Å²) in [5, 5.41) is 28.3. The van der Waals surface area contributed by atoms with Crippen molar-refractivity contribution in [2.45, 2.75) is 69.9 Å². The van der Waals surface area contributed by atoms with Gasteiger partial charge in [0.1, 0.15) is 24.4 Å². The molecule has 4 atom stereocenters. The molecule has 0 aliphatic carbocycles. The molecule has 0 aromatic rings. The van der Waals surface area contributed by atoms with Crippen molar-refractivity contribution in [3.63, 3.8) is 0 Å². The van der Waals surface area contributed by atoms with Crippen LogP contribution < -0.4 is 0 Å². The van der Waals surface area contributed by atoms with Crippen molar-refractivity contribution < 1.29 is 24.8 Å². The van der Waals surface area contributed by atoms with Crippen LogP contribution in [-0.4, -0.2) is 59.6 Å². The van der Waals surface area contributed by atoms with Crippen LogP contribution in [0.2, 0.25) is 0 Å². The lowest BCUT2D eigenvalue weighted by molar-refractivity contribution is -0.0730. The fraction of sp³-hybridized carbons (Fsp3) is 0.875. The van der Waals surface area contributed by atoms with Gasteiger partial charge in [0.15, 0.2) is 0 Å². The summed E-state index contributed by atoms with van der Waals surface area (Å²) >= 11 is 0. The summed E-state index contributed by atoms with van der Waals surface area (Å²) in [6.07, 6.45) is 8.08. The minimum absolute atomic E-state index is 0.264. The molecule has 5 heteroatoms. The van der Waals surface area contributed by atoms with Crippen LogP contribution in [-0.2, 0) is 9.47 Å². The highest BCUT2D eigenvalue weighted by Gasteiger charge is 2.40. The van der Waals surface area contributed by atoms with Gasteiger partial charge >= 0.3 is 0 Å². The largest absolute Gasteiger partial charge is 0.394 e. The SMILES string of the molecule is CCCC/C=C/CCCCO[C@H]1CO[C@H]([C@H](O)CO)[C@@H]1O. The van der Waals surface area contributed by atoms with E-state index in [9.17, 15) is 10.2 Å². The summed E-state index contributed by atoms with van der Waals surface area (Å²) in [5.74, 6) is 0. The van der Waals surface area contributed by atoms with Crippen LogP contribution in [0.1, 0.15) is 45.4 Å². The Kier molecular flexibility index (Phi) is 9.87. The zero-order valence-electron chi connectivity index (χ0n) is 13.0. The number of aliphatic hydroxyl groups excluding tert-OH is 3. The van der Waals surface area contributed by atoms with E-state index in [2.05, 4.69) is 19.1 Å². The van der Waals surface area contributed by atoms with Gasteiger partial charge in [-0.15, -0.1) is 0 Å². The molecule has 1 heterocycles. The zero-order valence-corrected chi connectivity index (χ0v) is 13.0. The summed E-state index contributed by atoms with van der Waals surface area (Å²) in [4.78, 5) is 0. The molecule has 0 aromatic carbocycles. The van der Waals surface area contributed by atoms with Gasteiger partial charge in [0.2, 0.25) is 0 Å². The predicted molar refractivity (Wildman–Crippen MR) is 81.1 cm³/mol. The van der Waals surface area contributed by atoms with Gasteiger partial charge in [-0.1, -0.05) is 31.9 Å². The second-order valence-electron chi connectivity index (χ2n) is 5.56. The van der Waals surface area contributed by atoms with Gasteiger partial charge in [-0.3, -0.25) is 0 Å². The lowest BCUT2D eigenvalue weighted by Crippen LogP contribution is -2.41. The molecule has 1 rings (SSSR count). The standard InChI is InChI=1S/C16H30O5/c1-2-3-4-5-6-7-8-9-10-20-14-12-21-16(15(14)19)13(18)11-17/h5-6,13-19H,2-4,7-12H2,1H3/b6-5+/t13-,14+,15-,16-/m1/s1. The van der Waals surface area contributed by atoms with E-state index in [-0.39, 0.29) is 6.61 Å². The first-order valence-corrected chi connectivity index (χ1v) is 8.05. The van der Waals surface area contributed by atoms with E-state index < -0.39 is 31.0 Å². The first-order chi connectivity index (χ1) is 10.2. The number of hydrogen-bond acceptors (Lipinski definition) is 5. The average Bonchev–Trinajstić information content (AvgIpc) is 2.86. The van der Waals surface area contributed by atoms with Gasteiger partial charge in [-0.2, -0.15) is 0 Å². The van der Waals surface area contributed by atoms with E-state index >= 15 is 0 Å². The Labute approximate surface area is 127 Å². The Balaban J connectivity index is 2.04. The van der Waals surface area contributed by atoms with Crippen LogP contribution in [0, 0.1) is 0 Å². The van der Waals surface area contributed by atoms with Crippen molar-refractivity contribution in [1.82, 2.24) is 0 Å². The molecule has 0 saturated carbocycles. The molecule has 0 aromatic heterocycles. The summed E-state index contributed by atoms with van der Waals surface area (Å²) in [7, 11) is 0. The van der Waals surface area contributed by atoms with E-state index in [0.29, 0.717) is 6.61 Å². The summed E-state index contributed by atoms with van der Waals surface area (Å²) in [5.41, 5.74) is 0. The normalized spacial score (nSPS) is 27.5. The van der Waals surface area contributed by atoms with Crippen LogP contribution in [0.15, 0.2) is 12.2 Å². The molecule has 124 valence electrons. The van der Waals surface area contributed by atoms with Crippen molar-refractivity contribution in [3.8, 4) is 0 Å². The molecule has 0 bridgehead atoms. The maximum Gasteiger partial charge on any atom is 0.114 e. The molecule has 0 amide bonds. The van der Waals surface area contributed by atoms with Gasteiger partial charge in [0, 0.05) is 6.61 Å². The van der Waals surface area contributed by atoms with Crippen molar-refractivity contribution >= 4 is 0 Å². The average molecular weight is 302 g/mol. The van der Waals surface area contributed by atoms with Crippen LogP contribution in [0.5, 0.6) is 0 Å². The minimum Gasteiger partial charge on any atom is -0.394 e. The third-order valence-corrected chi connectivity index (χ3v) is 3.72. The maximum absolute atomic E-state index is 9.94. The van der Waals surface area contributed by atoms with Crippen LogP contribution >= 0.6 is 0 Å². The quantitative estimate of drug-likeness (QED) is 0.397. The monoisotopic (exact) mass is 302 g/mol. The Morgan fingerprint density at radius 1 is 1.24 bits per heavy atom. The molecule has 21 heavy (non-hydrogen) atoms. The van der Waals surface area contributed by atoms with Crippen molar-refractivity contribution in [3.05, 3.63) is 12.2 Å². The van der Waals surface area contributed by atoms with Gasteiger partial charge in [-0.25, -0.2) is 0 Å². The Hall–Kier alpha value is -0.460. The molecule has 0 unspecified atom stereocenters. The second kappa shape index (κ2) is 11.2. The number of ether oxygens (including phenoxy) is 2. The molecule has 1 fully saturated rings. The molecule has 1 aliphatic rings. The molecule has 3 N–H and O–H groups in total. The molecular weight excluding hydrogens is 272 g/mol. The van der Waals surface area contributed by atoms with Crippen molar-refractivity contribution in [2.24, 2.45) is 0 Å². The van der Waals surface area contributed by atoms with Crippen LogP contribution in [0.25, 0.3) is 0 Å². The number of hydrogen-bond donors (Lipinski definition) is 3. The highest BCUT2D eigenvalue weighted by atomic mass is 16.6.